The standard InChI is InChI=1S/C60H53NSi/c1-5-19-45(20-6-1)48-21-15-22-49(41-48)46-37-39-47(40-38-46)50-23-16-26-53(42-50)59-35-13-14-36-60(59)61-54-27-17-24-51(43-54)52-25-18-34-58(44-52)62(55-28-7-2-8-29-55,56-30-9-3-10-31-56)57-32-11-4-12-33-57/h2-5,7-13,15-35,37,39,42-44,48,61H,1,6,14,36,38,40-41H2. The van der Waals surface area contributed by atoms with Crippen molar-refractivity contribution in [2.75, 3.05) is 5.32 Å². The summed E-state index contributed by atoms with van der Waals surface area (Å²) in [5, 5.41) is 9.45. The number of hydrogen-bond donors (Lipinski definition) is 1. The fourth-order valence-electron chi connectivity index (χ4n) is 10.1. The minimum Gasteiger partial charge on any atom is -0.358 e. The van der Waals surface area contributed by atoms with Gasteiger partial charge in [0.05, 0.1) is 0 Å². The first kappa shape index (κ1) is 39.4. The molecule has 10 rings (SSSR count). The lowest BCUT2D eigenvalue weighted by Crippen LogP contribution is -2.74. The Labute approximate surface area is 369 Å². The van der Waals surface area contributed by atoms with E-state index in [-0.39, 0.29) is 0 Å². The first-order valence-corrected chi connectivity index (χ1v) is 24.5. The van der Waals surface area contributed by atoms with Crippen molar-refractivity contribution in [1.29, 1.82) is 0 Å². The highest BCUT2D eigenvalue weighted by Gasteiger charge is 2.41. The number of anilines is 1. The Morgan fingerprint density at radius 3 is 1.76 bits per heavy atom. The smallest absolute Gasteiger partial charge is 0.179 e. The summed E-state index contributed by atoms with van der Waals surface area (Å²) in [5.74, 6) is 0.495. The maximum Gasteiger partial charge on any atom is 0.179 e. The van der Waals surface area contributed by atoms with Crippen molar-refractivity contribution in [2.24, 2.45) is 5.92 Å². The van der Waals surface area contributed by atoms with E-state index in [0.717, 1.165) is 37.8 Å². The number of nitrogens with one attached hydrogen (secondary N) is 1. The highest BCUT2D eigenvalue weighted by molar-refractivity contribution is 7.19. The van der Waals surface area contributed by atoms with E-state index in [2.05, 4.69) is 230 Å². The topological polar surface area (TPSA) is 12.0 Å². The van der Waals surface area contributed by atoms with Gasteiger partial charge in [0, 0.05) is 22.9 Å². The summed E-state index contributed by atoms with van der Waals surface area (Å²) in [6.07, 6.45) is 31.1. The molecule has 0 saturated heterocycles. The number of benzene rings is 6. The van der Waals surface area contributed by atoms with E-state index in [1.807, 2.05) is 0 Å². The number of hydrogen-bond acceptors (Lipinski definition) is 1. The van der Waals surface area contributed by atoms with E-state index >= 15 is 0 Å². The summed E-state index contributed by atoms with van der Waals surface area (Å²) in [6.45, 7) is 0. The van der Waals surface area contributed by atoms with Crippen LogP contribution in [0.25, 0.3) is 22.3 Å². The molecule has 1 N–H and O–H groups in total. The lowest BCUT2D eigenvalue weighted by molar-refractivity contribution is 0.736. The van der Waals surface area contributed by atoms with Gasteiger partial charge in [-0.3, -0.25) is 0 Å². The summed E-state index contributed by atoms with van der Waals surface area (Å²) < 4.78 is 0. The molecule has 0 heterocycles. The zero-order chi connectivity index (χ0) is 41.6. The number of allylic oxidation sites excluding steroid dienone is 16. The predicted octanol–water partition coefficient (Wildman–Crippen LogP) is 12.8. The van der Waals surface area contributed by atoms with Gasteiger partial charge in [-0.1, -0.05) is 206 Å². The van der Waals surface area contributed by atoms with Crippen LogP contribution in [0.15, 0.2) is 247 Å². The summed E-state index contributed by atoms with van der Waals surface area (Å²) in [4.78, 5) is 0. The predicted molar refractivity (Wildman–Crippen MR) is 268 cm³/mol. The Balaban J connectivity index is 0.933. The zero-order valence-electron chi connectivity index (χ0n) is 35.4. The lowest BCUT2D eigenvalue weighted by atomic mass is 9.80. The summed E-state index contributed by atoms with van der Waals surface area (Å²) in [5.41, 5.74) is 14.6. The van der Waals surface area contributed by atoms with Crippen LogP contribution in [0.2, 0.25) is 0 Å². The van der Waals surface area contributed by atoms with Gasteiger partial charge in [0.2, 0.25) is 0 Å². The molecule has 6 aromatic carbocycles. The van der Waals surface area contributed by atoms with Crippen molar-refractivity contribution < 1.29 is 0 Å². The summed E-state index contributed by atoms with van der Waals surface area (Å²) in [7, 11) is -2.64. The molecule has 302 valence electrons. The van der Waals surface area contributed by atoms with Gasteiger partial charge in [-0.15, -0.1) is 0 Å². The summed E-state index contributed by atoms with van der Waals surface area (Å²) >= 11 is 0. The van der Waals surface area contributed by atoms with Crippen molar-refractivity contribution in [3.63, 3.8) is 0 Å². The molecule has 0 saturated carbocycles. The molecule has 2 heteroatoms. The van der Waals surface area contributed by atoms with Gasteiger partial charge in [-0.05, 0) is 128 Å². The fraction of sp³-hybridized carbons (Fsp3) is 0.133. The highest BCUT2D eigenvalue weighted by Crippen LogP contribution is 2.38. The highest BCUT2D eigenvalue weighted by atomic mass is 28.3. The van der Waals surface area contributed by atoms with Crippen LogP contribution in [-0.4, -0.2) is 8.07 Å². The van der Waals surface area contributed by atoms with Crippen molar-refractivity contribution in [3.05, 3.63) is 258 Å². The molecule has 0 amide bonds. The average molecular weight is 816 g/mol. The first-order valence-electron chi connectivity index (χ1n) is 22.5. The van der Waals surface area contributed by atoms with E-state index in [9.17, 15) is 0 Å². The largest absolute Gasteiger partial charge is 0.358 e. The third-order valence-electron chi connectivity index (χ3n) is 13.2. The van der Waals surface area contributed by atoms with Gasteiger partial charge >= 0.3 is 0 Å². The van der Waals surface area contributed by atoms with Gasteiger partial charge in [0.15, 0.2) is 8.07 Å². The molecular formula is C60H53NSi. The van der Waals surface area contributed by atoms with E-state index in [0.29, 0.717) is 5.92 Å². The Hall–Kier alpha value is -6.74. The minimum absolute atomic E-state index is 0.495. The first-order chi connectivity index (χ1) is 30.7. The Morgan fingerprint density at radius 1 is 0.452 bits per heavy atom. The second-order valence-electron chi connectivity index (χ2n) is 17.0. The molecule has 0 spiro atoms. The molecule has 6 aromatic rings. The van der Waals surface area contributed by atoms with E-state index in [1.54, 1.807) is 0 Å². The van der Waals surface area contributed by atoms with Crippen LogP contribution in [0.3, 0.4) is 0 Å². The molecule has 62 heavy (non-hydrogen) atoms. The molecule has 1 atom stereocenters. The molecule has 1 nitrogen and oxygen atoms in total. The van der Waals surface area contributed by atoms with Gasteiger partial charge in [0.25, 0.3) is 0 Å². The van der Waals surface area contributed by atoms with Crippen LogP contribution in [-0.2, 0) is 0 Å². The van der Waals surface area contributed by atoms with Crippen molar-refractivity contribution in [3.8, 4) is 11.1 Å². The average Bonchev–Trinajstić information content (AvgIpc) is 3.36. The third-order valence-corrected chi connectivity index (χ3v) is 18.0. The molecule has 0 fully saturated rings. The Kier molecular flexibility index (Phi) is 11.5. The van der Waals surface area contributed by atoms with Crippen molar-refractivity contribution in [1.82, 2.24) is 0 Å². The van der Waals surface area contributed by atoms with Gasteiger partial charge < -0.3 is 5.32 Å². The monoisotopic (exact) mass is 815 g/mol. The van der Waals surface area contributed by atoms with E-state index in [4.69, 9.17) is 0 Å². The normalized spacial score (nSPS) is 17.5. The molecule has 0 aromatic heterocycles. The molecular weight excluding hydrogens is 763 g/mol. The molecule has 0 radical (unpaired) electrons. The second-order valence-corrected chi connectivity index (χ2v) is 20.8. The van der Waals surface area contributed by atoms with Crippen LogP contribution in [0.1, 0.15) is 56.1 Å². The second kappa shape index (κ2) is 18.1. The molecule has 1 unspecified atom stereocenters. The molecule has 4 aliphatic rings. The van der Waals surface area contributed by atoms with Gasteiger partial charge in [0.1, 0.15) is 0 Å². The van der Waals surface area contributed by atoms with Crippen LogP contribution in [0, 0.1) is 5.92 Å². The molecule has 0 bridgehead atoms. The summed E-state index contributed by atoms with van der Waals surface area (Å²) in [6, 6.07) is 61.1. The van der Waals surface area contributed by atoms with E-state index < -0.39 is 8.07 Å². The molecule has 4 aliphatic carbocycles. The Morgan fingerprint density at radius 2 is 1.06 bits per heavy atom. The number of rotatable bonds is 11. The van der Waals surface area contributed by atoms with Crippen LogP contribution >= 0.6 is 0 Å². The third kappa shape index (κ3) is 8.07. The van der Waals surface area contributed by atoms with Crippen molar-refractivity contribution >= 4 is 45.7 Å². The fourth-order valence-corrected chi connectivity index (χ4v) is 14.9. The van der Waals surface area contributed by atoms with Crippen molar-refractivity contribution in [2.45, 2.75) is 44.9 Å². The van der Waals surface area contributed by atoms with Gasteiger partial charge in [-0.25, -0.2) is 0 Å². The lowest BCUT2D eigenvalue weighted by Gasteiger charge is -2.34. The van der Waals surface area contributed by atoms with Crippen LogP contribution in [0.5, 0.6) is 0 Å². The van der Waals surface area contributed by atoms with Gasteiger partial charge in [-0.2, -0.15) is 0 Å². The minimum atomic E-state index is -2.64. The quantitative estimate of drug-likeness (QED) is 0.101. The SMILES string of the molecule is C1=CC(C2=CCCC=C2)CC(C2=CC=C(c3cccc(C4=C(Nc5cccc(-c6cccc([Si](c7ccccc7)(c7ccccc7)c7ccccc7)c6)c5)CCC=C4)c3)CC2)=C1. The Bertz CT molecular complexity index is 2730. The maximum atomic E-state index is 3.92. The maximum absolute atomic E-state index is 3.92. The van der Waals surface area contributed by atoms with E-state index in [1.165, 1.54) is 89.4 Å². The van der Waals surface area contributed by atoms with Crippen LogP contribution in [0.4, 0.5) is 5.69 Å². The zero-order valence-corrected chi connectivity index (χ0v) is 36.4. The molecule has 0 aliphatic heterocycles. The van der Waals surface area contributed by atoms with Crippen LogP contribution < -0.4 is 26.1 Å².